The molecule has 1 aromatic heterocycles. The van der Waals surface area contributed by atoms with Crippen molar-refractivity contribution in [2.45, 2.75) is 4.90 Å². The Bertz CT molecular complexity index is 740. The van der Waals surface area contributed by atoms with E-state index in [0.29, 0.717) is 11.5 Å². The molecule has 3 nitrogen and oxygen atoms in total. The summed E-state index contributed by atoms with van der Waals surface area (Å²) in [6, 6.07) is 15.3. The molecular formula is C16H16FN3S. The zero-order chi connectivity index (χ0) is 14.7. The molecule has 0 aliphatic carbocycles. The van der Waals surface area contributed by atoms with E-state index in [1.807, 2.05) is 35.9 Å². The van der Waals surface area contributed by atoms with E-state index in [0.717, 1.165) is 17.8 Å². The second kappa shape index (κ2) is 6.18. The number of hydrogen-bond donors (Lipinski definition) is 1. The van der Waals surface area contributed by atoms with Crippen molar-refractivity contribution in [1.82, 2.24) is 9.55 Å². The molecule has 0 saturated heterocycles. The molecule has 1 N–H and O–H groups in total. The van der Waals surface area contributed by atoms with Crippen LogP contribution in [0.4, 0.5) is 10.3 Å². The molecule has 0 amide bonds. The van der Waals surface area contributed by atoms with Crippen LogP contribution in [0.5, 0.6) is 0 Å². The van der Waals surface area contributed by atoms with Crippen molar-refractivity contribution < 1.29 is 4.39 Å². The van der Waals surface area contributed by atoms with Gasteiger partial charge in [-0.2, -0.15) is 0 Å². The van der Waals surface area contributed by atoms with E-state index < -0.39 is 0 Å². The van der Waals surface area contributed by atoms with Gasteiger partial charge in [-0.05, 0) is 24.3 Å². The summed E-state index contributed by atoms with van der Waals surface area (Å²) in [6.45, 7) is 0.776. The molecule has 1 heterocycles. The first-order chi connectivity index (χ1) is 10.3. The SMILES string of the molecule is Cn1c(NCCSc2ccccc2)nc2c(F)cccc21. The molecule has 0 bridgehead atoms. The van der Waals surface area contributed by atoms with Crippen molar-refractivity contribution in [2.75, 3.05) is 17.6 Å². The summed E-state index contributed by atoms with van der Waals surface area (Å²) in [5, 5.41) is 3.26. The van der Waals surface area contributed by atoms with Crippen LogP contribution in [0.2, 0.25) is 0 Å². The highest BCUT2D eigenvalue weighted by Gasteiger charge is 2.10. The molecule has 108 valence electrons. The van der Waals surface area contributed by atoms with Crippen molar-refractivity contribution in [3.05, 3.63) is 54.3 Å². The molecule has 2 aromatic carbocycles. The van der Waals surface area contributed by atoms with Crippen LogP contribution in [-0.2, 0) is 7.05 Å². The van der Waals surface area contributed by atoms with Gasteiger partial charge >= 0.3 is 0 Å². The Morgan fingerprint density at radius 2 is 1.95 bits per heavy atom. The minimum Gasteiger partial charge on any atom is -0.355 e. The summed E-state index contributed by atoms with van der Waals surface area (Å²) in [5.74, 6) is 1.34. The van der Waals surface area contributed by atoms with E-state index in [1.54, 1.807) is 17.8 Å². The van der Waals surface area contributed by atoms with Crippen molar-refractivity contribution in [2.24, 2.45) is 7.05 Å². The van der Waals surface area contributed by atoms with Crippen molar-refractivity contribution in [1.29, 1.82) is 0 Å². The van der Waals surface area contributed by atoms with Crippen molar-refractivity contribution >= 4 is 28.7 Å². The Kier molecular flexibility index (Phi) is 4.10. The van der Waals surface area contributed by atoms with Gasteiger partial charge in [0.15, 0.2) is 5.82 Å². The third-order valence-electron chi connectivity index (χ3n) is 3.26. The van der Waals surface area contributed by atoms with Crippen LogP contribution in [0.25, 0.3) is 11.0 Å². The van der Waals surface area contributed by atoms with Gasteiger partial charge in [0.1, 0.15) is 5.52 Å². The van der Waals surface area contributed by atoms with Gasteiger partial charge in [-0.3, -0.25) is 0 Å². The molecule has 0 saturated carbocycles. The van der Waals surface area contributed by atoms with Crippen LogP contribution in [0.15, 0.2) is 53.4 Å². The minimum atomic E-state index is -0.283. The quantitative estimate of drug-likeness (QED) is 0.572. The van der Waals surface area contributed by atoms with Gasteiger partial charge in [-0.25, -0.2) is 9.37 Å². The minimum absolute atomic E-state index is 0.283. The third kappa shape index (κ3) is 3.03. The fraction of sp³-hybridized carbons (Fsp3) is 0.188. The van der Waals surface area contributed by atoms with Crippen LogP contribution in [0.3, 0.4) is 0 Å². The van der Waals surface area contributed by atoms with E-state index in [4.69, 9.17) is 0 Å². The van der Waals surface area contributed by atoms with Gasteiger partial charge < -0.3 is 9.88 Å². The summed E-state index contributed by atoms with van der Waals surface area (Å²) in [6.07, 6.45) is 0. The number of thioether (sulfide) groups is 1. The third-order valence-corrected chi connectivity index (χ3v) is 4.27. The molecule has 5 heteroatoms. The molecule has 0 aliphatic heterocycles. The second-order valence-corrected chi connectivity index (χ2v) is 5.86. The fourth-order valence-electron chi connectivity index (χ4n) is 2.19. The molecule has 0 unspecified atom stereocenters. The van der Waals surface area contributed by atoms with Gasteiger partial charge in [0.05, 0.1) is 5.52 Å². The maximum Gasteiger partial charge on any atom is 0.203 e. The number of rotatable bonds is 5. The molecular weight excluding hydrogens is 285 g/mol. The van der Waals surface area contributed by atoms with E-state index in [1.165, 1.54) is 11.0 Å². The van der Waals surface area contributed by atoms with Gasteiger partial charge in [0.25, 0.3) is 0 Å². The Morgan fingerprint density at radius 3 is 2.71 bits per heavy atom. The monoisotopic (exact) mass is 301 g/mol. The number of aromatic nitrogens is 2. The number of fused-ring (bicyclic) bond motifs is 1. The number of anilines is 1. The van der Waals surface area contributed by atoms with E-state index in [-0.39, 0.29) is 5.82 Å². The van der Waals surface area contributed by atoms with Gasteiger partial charge in [0, 0.05) is 24.2 Å². The molecule has 0 fully saturated rings. The van der Waals surface area contributed by atoms with Crippen LogP contribution in [-0.4, -0.2) is 21.8 Å². The summed E-state index contributed by atoms with van der Waals surface area (Å²) < 4.78 is 15.6. The molecule has 0 spiro atoms. The van der Waals surface area contributed by atoms with Gasteiger partial charge in [-0.1, -0.05) is 24.3 Å². The number of imidazole rings is 1. The number of benzene rings is 2. The standard InChI is InChI=1S/C16H16FN3S/c1-20-14-9-5-8-13(17)15(14)19-16(20)18-10-11-21-12-6-3-2-4-7-12/h2-9H,10-11H2,1H3,(H,18,19). The number of aryl methyl sites for hydroxylation is 1. The largest absolute Gasteiger partial charge is 0.355 e. The average Bonchev–Trinajstić information content (AvgIpc) is 2.83. The topological polar surface area (TPSA) is 29.9 Å². The average molecular weight is 301 g/mol. The summed E-state index contributed by atoms with van der Waals surface area (Å²) in [7, 11) is 1.89. The summed E-state index contributed by atoms with van der Waals surface area (Å²) >= 11 is 1.78. The van der Waals surface area contributed by atoms with E-state index in [9.17, 15) is 4.39 Å². The van der Waals surface area contributed by atoms with Crippen molar-refractivity contribution in [3.8, 4) is 0 Å². The molecule has 3 rings (SSSR count). The van der Waals surface area contributed by atoms with Crippen LogP contribution < -0.4 is 5.32 Å². The lowest BCUT2D eigenvalue weighted by Crippen LogP contribution is -2.08. The molecule has 0 radical (unpaired) electrons. The molecule has 21 heavy (non-hydrogen) atoms. The lowest BCUT2D eigenvalue weighted by atomic mass is 10.3. The highest BCUT2D eigenvalue weighted by atomic mass is 32.2. The predicted molar refractivity (Wildman–Crippen MR) is 86.3 cm³/mol. The normalized spacial score (nSPS) is 11.0. The number of para-hydroxylation sites is 1. The Balaban J connectivity index is 1.63. The number of nitrogens with zero attached hydrogens (tertiary/aromatic N) is 2. The van der Waals surface area contributed by atoms with Crippen LogP contribution in [0, 0.1) is 5.82 Å². The van der Waals surface area contributed by atoms with E-state index in [2.05, 4.69) is 22.4 Å². The highest BCUT2D eigenvalue weighted by Crippen LogP contribution is 2.21. The predicted octanol–water partition coefficient (Wildman–Crippen LogP) is 3.92. The van der Waals surface area contributed by atoms with E-state index >= 15 is 0 Å². The number of halogens is 1. The highest BCUT2D eigenvalue weighted by molar-refractivity contribution is 7.99. The first kappa shape index (κ1) is 13.9. The first-order valence-electron chi connectivity index (χ1n) is 6.78. The van der Waals surface area contributed by atoms with Crippen LogP contribution in [0.1, 0.15) is 0 Å². The first-order valence-corrected chi connectivity index (χ1v) is 7.77. The maximum atomic E-state index is 13.7. The Hall–Kier alpha value is -2.01. The molecule has 0 aliphatic rings. The lowest BCUT2D eigenvalue weighted by Gasteiger charge is -2.06. The summed E-state index contributed by atoms with van der Waals surface area (Å²) in [4.78, 5) is 5.57. The Labute approximate surface area is 127 Å². The zero-order valence-corrected chi connectivity index (χ0v) is 12.5. The van der Waals surface area contributed by atoms with Crippen LogP contribution >= 0.6 is 11.8 Å². The summed E-state index contributed by atoms with van der Waals surface area (Å²) in [5.41, 5.74) is 1.21. The maximum absolute atomic E-state index is 13.7. The fourth-order valence-corrected chi connectivity index (χ4v) is 2.98. The van der Waals surface area contributed by atoms with Gasteiger partial charge in [0.2, 0.25) is 5.95 Å². The Morgan fingerprint density at radius 1 is 1.14 bits per heavy atom. The number of nitrogens with one attached hydrogen (secondary N) is 1. The molecule has 3 aromatic rings. The molecule has 0 atom stereocenters. The van der Waals surface area contributed by atoms with Crippen molar-refractivity contribution in [3.63, 3.8) is 0 Å². The number of hydrogen-bond acceptors (Lipinski definition) is 3. The zero-order valence-electron chi connectivity index (χ0n) is 11.7. The lowest BCUT2D eigenvalue weighted by molar-refractivity contribution is 0.637. The van der Waals surface area contributed by atoms with Gasteiger partial charge in [-0.15, -0.1) is 11.8 Å². The second-order valence-electron chi connectivity index (χ2n) is 4.69. The smallest absolute Gasteiger partial charge is 0.203 e.